The van der Waals surface area contributed by atoms with Crippen LogP contribution in [0.15, 0.2) is 34.9 Å². The highest BCUT2D eigenvalue weighted by Crippen LogP contribution is 2.30. The Morgan fingerprint density at radius 1 is 1.26 bits per heavy atom. The topological polar surface area (TPSA) is 24.9 Å². The van der Waals surface area contributed by atoms with Crippen LogP contribution in [-0.4, -0.2) is 4.98 Å². The maximum atomic E-state index is 12.9. The van der Waals surface area contributed by atoms with Crippen molar-refractivity contribution in [1.29, 1.82) is 0 Å². The van der Waals surface area contributed by atoms with Crippen LogP contribution in [0.1, 0.15) is 29.8 Å². The number of hydrogen-bond donors (Lipinski definition) is 1. The van der Waals surface area contributed by atoms with E-state index in [9.17, 15) is 4.39 Å². The van der Waals surface area contributed by atoms with Gasteiger partial charge in [0.15, 0.2) is 0 Å². The largest absolute Gasteiger partial charge is 0.376 e. The van der Waals surface area contributed by atoms with Gasteiger partial charge in [-0.25, -0.2) is 4.39 Å². The summed E-state index contributed by atoms with van der Waals surface area (Å²) in [6.45, 7) is 6.13. The van der Waals surface area contributed by atoms with Gasteiger partial charge in [-0.1, -0.05) is 6.07 Å². The molecule has 1 atom stereocenters. The Labute approximate surface area is 121 Å². The van der Waals surface area contributed by atoms with Gasteiger partial charge in [0.2, 0.25) is 0 Å². The zero-order chi connectivity index (χ0) is 14.0. The lowest BCUT2D eigenvalue weighted by Crippen LogP contribution is -2.10. The van der Waals surface area contributed by atoms with E-state index in [0.29, 0.717) is 0 Å². The minimum atomic E-state index is -0.316. The van der Waals surface area contributed by atoms with Crippen molar-refractivity contribution in [1.82, 2.24) is 4.98 Å². The molecule has 0 aliphatic carbocycles. The van der Waals surface area contributed by atoms with Crippen molar-refractivity contribution < 1.29 is 4.39 Å². The number of rotatable bonds is 3. The summed E-state index contributed by atoms with van der Waals surface area (Å²) in [6, 6.07) is 7.33. The Morgan fingerprint density at radius 2 is 2.00 bits per heavy atom. The average molecular weight is 323 g/mol. The molecule has 0 saturated heterocycles. The van der Waals surface area contributed by atoms with Crippen molar-refractivity contribution in [3.8, 4) is 0 Å². The molecule has 100 valence electrons. The minimum Gasteiger partial charge on any atom is -0.376 e. The first-order chi connectivity index (χ1) is 8.97. The standard InChI is InChI=1S/C15H16BrFN2/c1-9-6-10(2)15(13(16)7-9)19-11(3)14-5-4-12(17)8-18-14/h4-8,11,19H,1-3H3. The van der Waals surface area contributed by atoms with Gasteiger partial charge in [0.25, 0.3) is 0 Å². The van der Waals surface area contributed by atoms with E-state index in [2.05, 4.69) is 52.2 Å². The minimum absolute atomic E-state index is 0.0123. The number of halogens is 2. The van der Waals surface area contributed by atoms with Crippen molar-refractivity contribution >= 4 is 21.6 Å². The van der Waals surface area contributed by atoms with Crippen molar-refractivity contribution in [2.75, 3.05) is 5.32 Å². The summed E-state index contributed by atoms with van der Waals surface area (Å²) in [7, 11) is 0. The summed E-state index contributed by atoms with van der Waals surface area (Å²) in [6.07, 6.45) is 1.24. The van der Waals surface area contributed by atoms with Gasteiger partial charge in [-0.05, 0) is 66.0 Å². The SMILES string of the molecule is Cc1cc(C)c(NC(C)c2ccc(F)cn2)c(Br)c1. The molecule has 1 heterocycles. The van der Waals surface area contributed by atoms with Crippen LogP contribution >= 0.6 is 15.9 Å². The molecular formula is C15H16BrFN2. The number of hydrogen-bond acceptors (Lipinski definition) is 2. The molecule has 0 fully saturated rings. The second-order valence-electron chi connectivity index (χ2n) is 4.71. The molecule has 0 radical (unpaired) electrons. The molecule has 2 aromatic rings. The van der Waals surface area contributed by atoms with E-state index in [-0.39, 0.29) is 11.9 Å². The molecule has 0 amide bonds. The first-order valence-electron chi connectivity index (χ1n) is 6.12. The van der Waals surface area contributed by atoms with Gasteiger partial charge in [-0.3, -0.25) is 4.98 Å². The van der Waals surface area contributed by atoms with E-state index in [1.807, 2.05) is 6.92 Å². The molecule has 1 aromatic carbocycles. The number of aryl methyl sites for hydroxylation is 2. The fourth-order valence-corrected chi connectivity index (χ4v) is 2.82. The Bertz CT molecular complexity index is 558. The Balaban J connectivity index is 2.24. The molecule has 1 unspecified atom stereocenters. The van der Waals surface area contributed by atoms with Gasteiger partial charge in [-0.2, -0.15) is 0 Å². The molecular weight excluding hydrogens is 307 g/mol. The highest BCUT2D eigenvalue weighted by atomic mass is 79.9. The fourth-order valence-electron chi connectivity index (χ4n) is 2.03. The van der Waals surface area contributed by atoms with E-state index in [1.165, 1.54) is 23.4 Å². The first kappa shape index (κ1) is 14.0. The van der Waals surface area contributed by atoms with E-state index in [0.717, 1.165) is 15.9 Å². The summed E-state index contributed by atoms with van der Waals surface area (Å²) in [5, 5.41) is 3.41. The van der Waals surface area contributed by atoms with Gasteiger partial charge in [0.1, 0.15) is 5.82 Å². The number of aromatic nitrogens is 1. The monoisotopic (exact) mass is 322 g/mol. The second kappa shape index (κ2) is 5.70. The quantitative estimate of drug-likeness (QED) is 0.880. The molecule has 4 heteroatoms. The summed E-state index contributed by atoms with van der Waals surface area (Å²) < 4.78 is 13.9. The molecule has 19 heavy (non-hydrogen) atoms. The third-order valence-corrected chi connectivity index (χ3v) is 3.61. The second-order valence-corrected chi connectivity index (χ2v) is 5.56. The maximum absolute atomic E-state index is 12.9. The van der Waals surface area contributed by atoms with E-state index in [4.69, 9.17) is 0 Å². The highest BCUT2D eigenvalue weighted by Gasteiger charge is 2.11. The molecule has 1 aromatic heterocycles. The normalized spacial score (nSPS) is 12.3. The number of pyridine rings is 1. The van der Waals surface area contributed by atoms with Crippen molar-refractivity contribution in [2.45, 2.75) is 26.8 Å². The van der Waals surface area contributed by atoms with Gasteiger partial charge in [-0.15, -0.1) is 0 Å². The van der Waals surface area contributed by atoms with Crippen LogP contribution in [0, 0.1) is 19.7 Å². The summed E-state index contributed by atoms with van der Waals surface area (Å²) >= 11 is 3.57. The maximum Gasteiger partial charge on any atom is 0.141 e. The van der Waals surface area contributed by atoms with Crippen LogP contribution < -0.4 is 5.32 Å². The lowest BCUT2D eigenvalue weighted by atomic mass is 10.1. The van der Waals surface area contributed by atoms with Crippen molar-refractivity contribution in [3.05, 3.63) is 57.6 Å². The molecule has 0 aliphatic rings. The molecule has 2 rings (SSSR count). The zero-order valence-corrected chi connectivity index (χ0v) is 12.8. The average Bonchev–Trinajstić information content (AvgIpc) is 2.34. The molecule has 1 N–H and O–H groups in total. The fraction of sp³-hybridized carbons (Fsp3) is 0.267. The van der Waals surface area contributed by atoms with Crippen LogP contribution in [0.4, 0.5) is 10.1 Å². The van der Waals surface area contributed by atoms with E-state index in [1.54, 1.807) is 6.07 Å². The van der Waals surface area contributed by atoms with Crippen LogP contribution in [0.2, 0.25) is 0 Å². The number of nitrogens with zero attached hydrogens (tertiary/aromatic N) is 1. The van der Waals surface area contributed by atoms with Gasteiger partial charge in [0, 0.05) is 4.47 Å². The van der Waals surface area contributed by atoms with Crippen LogP contribution in [0.3, 0.4) is 0 Å². The lowest BCUT2D eigenvalue weighted by molar-refractivity contribution is 0.617. The predicted molar refractivity (Wildman–Crippen MR) is 79.8 cm³/mol. The van der Waals surface area contributed by atoms with Crippen LogP contribution in [-0.2, 0) is 0 Å². The smallest absolute Gasteiger partial charge is 0.141 e. The molecule has 0 aliphatic heterocycles. The molecule has 2 nitrogen and oxygen atoms in total. The summed E-state index contributed by atoms with van der Waals surface area (Å²) in [5.74, 6) is -0.316. The number of benzene rings is 1. The summed E-state index contributed by atoms with van der Waals surface area (Å²) in [4.78, 5) is 4.10. The van der Waals surface area contributed by atoms with E-state index < -0.39 is 0 Å². The van der Waals surface area contributed by atoms with Gasteiger partial charge in [0.05, 0.1) is 23.6 Å². The Hall–Kier alpha value is -1.42. The van der Waals surface area contributed by atoms with Gasteiger partial charge < -0.3 is 5.32 Å². The van der Waals surface area contributed by atoms with Crippen molar-refractivity contribution in [2.24, 2.45) is 0 Å². The van der Waals surface area contributed by atoms with Crippen molar-refractivity contribution in [3.63, 3.8) is 0 Å². The van der Waals surface area contributed by atoms with E-state index >= 15 is 0 Å². The number of nitrogens with one attached hydrogen (secondary N) is 1. The van der Waals surface area contributed by atoms with Crippen LogP contribution in [0.5, 0.6) is 0 Å². The lowest BCUT2D eigenvalue weighted by Gasteiger charge is -2.18. The molecule has 0 saturated carbocycles. The Morgan fingerprint density at radius 3 is 2.58 bits per heavy atom. The first-order valence-corrected chi connectivity index (χ1v) is 6.91. The third kappa shape index (κ3) is 3.32. The number of anilines is 1. The molecule has 0 bridgehead atoms. The zero-order valence-electron chi connectivity index (χ0n) is 11.2. The predicted octanol–water partition coefficient (Wildman–Crippen LogP) is 4.77. The third-order valence-electron chi connectivity index (χ3n) is 2.99. The summed E-state index contributed by atoms with van der Waals surface area (Å²) in [5.41, 5.74) is 4.24. The highest BCUT2D eigenvalue weighted by molar-refractivity contribution is 9.10. The van der Waals surface area contributed by atoms with Gasteiger partial charge >= 0.3 is 0 Å². The molecule has 0 spiro atoms. The Kier molecular flexibility index (Phi) is 4.20. The van der Waals surface area contributed by atoms with Crippen LogP contribution in [0.25, 0.3) is 0 Å².